The number of nitrogens with zero attached hydrogens (tertiary/aromatic N) is 1. The van der Waals surface area contributed by atoms with E-state index in [2.05, 4.69) is 0 Å². The Hall–Kier alpha value is -0.670. The Morgan fingerprint density at radius 1 is 1.22 bits per heavy atom. The van der Waals surface area contributed by atoms with E-state index in [4.69, 9.17) is 11.1 Å². The second kappa shape index (κ2) is 6.48. The molecule has 0 heterocycles. The molecule has 0 aromatic rings. The third kappa shape index (κ3) is 6.92. The summed E-state index contributed by atoms with van der Waals surface area (Å²) in [5, 5.41) is 7.09. The summed E-state index contributed by atoms with van der Waals surface area (Å²) in [5.74, 6) is -0.945. The Morgan fingerprint density at radius 3 is 2.06 bits per heavy atom. The van der Waals surface area contributed by atoms with Gasteiger partial charge in [-0.25, -0.2) is 16.8 Å². The second-order valence-corrected chi connectivity index (χ2v) is 8.73. The molecular weight excluding hydrogens is 278 g/mol. The van der Waals surface area contributed by atoms with Gasteiger partial charge in [-0.3, -0.25) is 5.41 Å². The van der Waals surface area contributed by atoms with E-state index in [1.54, 1.807) is 13.8 Å². The molecule has 9 heteroatoms. The van der Waals surface area contributed by atoms with Crippen molar-refractivity contribution < 1.29 is 16.8 Å². The largest absolute Gasteiger partial charge is 0.388 e. The van der Waals surface area contributed by atoms with Gasteiger partial charge in [0.05, 0.1) is 17.3 Å². The molecule has 0 aliphatic carbocycles. The predicted molar refractivity (Wildman–Crippen MR) is 71.9 cm³/mol. The van der Waals surface area contributed by atoms with Crippen LogP contribution in [0.4, 0.5) is 0 Å². The molecule has 0 saturated carbocycles. The third-order valence-corrected chi connectivity index (χ3v) is 5.49. The van der Waals surface area contributed by atoms with Crippen LogP contribution in [0.2, 0.25) is 0 Å². The number of amidine groups is 1. The molecule has 0 fully saturated rings. The zero-order valence-corrected chi connectivity index (χ0v) is 12.5. The van der Waals surface area contributed by atoms with Crippen LogP contribution in [0.5, 0.6) is 0 Å². The highest BCUT2D eigenvalue weighted by molar-refractivity contribution is 7.93. The van der Waals surface area contributed by atoms with Crippen LogP contribution in [0.1, 0.15) is 20.3 Å². The average molecular weight is 299 g/mol. The zero-order chi connectivity index (χ0) is 14.6. The first-order chi connectivity index (χ1) is 7.96. The van der Waals surface area contributed by atoms with E-state index < -0.39 is 31.4 Å². The van der Waals surface area contributed by atoms with Gasteiger partial charge in [0, 0.05) is 25.3 Å². The summed E-state index contributed by atoms with van der Waals surface area (Å²) >= 11 is 0. The van der Waals surface area contributed by atoms with Crippen LogP contribution in [-0.2, 0) is 19.9 Å². The number of rotatable bonds is 8. The molecule has 7 nitrogen and oxygen atoms in total. The predicted octanol–water partition coefficient (Wildman–Crippen LogP) is -0.603. The fourth-order valence-corrected chi connectivity index (χ4v) is 4.62. The van der Waals surface area contributed by atoms with E-state index in [0.717, 1.165) is 6.26 Å². The van der Waals surface area contributed by atoms with Crippen molar-refractivity contribution in [3.05, 3.63) is 0 Å². The molecule has 0 amide bonds. The molecule has 108 valence electrons. The van der Waals surface area contributed by atoms with Gasteiger partial charge in [-0.15, -0.1) is 0 Å². The van der Waals surface area contributed by atoms with E-state index in [1.165, 1.54) is 4.31 Å². The fourth-order valence-electron chi connectivity index (χ4n) is 1.32. The van der Waals surface area contributed by atoms with E-state index >= 15 is 0 Å². The smallest absolute Gasteiger partial charge is 0.215 e. The minimum atomic E-state index is -3.65. The van der Waals surface area contributed by atoms with Crippen molar-refractivity contribution in [2.75, 3.05) is 24.3 Å². The number of sulfonamides is 1. The molecule has 0 atom stereocenters. The first-order valence-corrected chi connectivity index (χ1v) is 9.13. The van der Waals surface area contributed by atoms with Gasteiger partial charge in [0.25, 0.3) is 0 Å². The maximum Gasteiger partial charge on any atom is 0.215 e. The summed E-state index contributed by atoms with van der Waals surface area (Å²) in [7, 11) is -6.97. The molecule has 0 radical (unpaired) electrons. The topological polar surface area (TPSA) is 121 Å². The Balaban J connectivity index is 4.82. The molecule has 0 aromatic heterocycles. The summed E-state index contributed by atoms with van der Waals surface area (Å²) in [5.41, 5.74) is 5.19. The standard InChI is InChI=1S/C9H21N3O4S2/c1-8(2)12(5-4-9(10)11)18(15,16)7-6-17(3,13)14/h8H,4-7H2,1-3H3,(H3,10,11). The molecule has 0 unspecified atom stereocenters. The molecule has 0 aliphatic heterocycles. The first kappa shape index (κ1) is 17.3. The fraction of sp³-hybridized carbons (Fsp3) is 0.889. The van der Waals surface area contributed by atoms with Crippen LogP contribution in [0.3, 0.4) is 0 Å². The highest BCUT2D eigenvalue weighted by atomic mass is 32.2. The molecule has 0 aliphatic rings. The third-order valence-electron chi connectivity index (χ3n) is 2.25. The van der Waals surface area contributed by atoms with Gasteiger partial charge in [-0.05, 0) is 13.8 Å². The molecule has 0 spiro atoms. The van der Waals surface area contributed by atoms with E-state index in [1.807, 2.05) is 0 Å². The summed E-state index contributed by atoms with van der Waals surface area (Å²) in [6, 6.07) is -0.297. The van der Waals surface area contributed by atoms with Gasteiger partial charge >= 0.3 is 0 Å². The van der Waals surface area contributed by atoms with Gasteiger partial charge < -0.3 is 5.73 Å². The lowest BCUT2D eigenvalue weighted by atomic mass is 10.3. The van der Waals surface area contributed by atoms with Crippen molar-refractivity contribution in [1.82, 2.24) is 4.31 Å². The number of nitrogens with one attached hydrogen (secondary N) is 1. The van der Waals surface area contributed by atoms with Crippen molar-refractivity contribution in [2.24, 2.45) is 5.73 Å². The minimum Gasteiger partial charge on any atom is -0.388 e. The van der Waals surface area contributed by atoms with Crippen molar-refractivity contribution in [1.29, 1.82) is 5.41 Å². The molecule has 18 heavy (non-hydrogen) atoms. The molecule has 0 bridgehead atoms. The van der Waals surface area contributed by atoms with Crippen molar-refractivity contribution in [3.8, 4) is 0 Å². The van der Waals surface area contributed by atoms with Crippen LogP contribution >= 0.6 is 0 Å². The maximum absolute atomic E-state index is 12.0. The van der Waals surface area contributed by atoms with Gasteiger partial charge in [0.2, 0.25) is 10.0 Å². The molecule has 0 saturated heterocycles. The lowest BCUT2D eigenvalue weighted by Gasteiger charge is -2.25. The van der Waals surface area contributed by atoms with Crippen LogP contribution in [0.15, 0.2) is 0 Å². The molecule has 0 rings (SSSR count). The Morgan fingerprint density at radius 2 is 1.72 bits per heavy atom. The van der Waals surface area contributed by atoms with E-state index in [9.17, 15) is 16.8 Å². The van der Waals surface area contributed by atoms with Crippen LogP contribution in [0.25, 0.3) is 0 Å². The lowest BCUT2D eigenvalue weighted by molar-refractivity contribution is 0.362. The molecule has 3 N–H and O–H groups in total. The van der Waals surface area contributed by atoms with Crippen LogP contribution in [0, 0.1) is 5.41 Å². The second-order valence-electron chi connectivity index (χ2n) is 4.43. The van der Waals surface area contributed by atoms with Crippen molar-refractivity contribution in [2.45, 2.75) is 26.3 Å². The van der Waals surface area contributed by atoms with Gasteiger partial charge in [-0.2, -0.15) is 4.31 Å². The highest BCUT2D eigenvalue weighted by Gasteiger charge is 2.25. The minimum absolute atomic E-state index is 0.0963. The van der Waals surface area contributed by atoms with E-state index in [-0.39, 0.29) is 24.8 Å². The van der Waals surface area contributed by atoms with Gasteiger partial charge in [0.1, 0.15) is 9.84 Å². The van der Waals surface area contributed by atoms with Gasteiger partial charge in [0.15, 0.2) is 0 Å². The lowest BCUT2D eigenvalue weighted by Crippen LogP contribution is -2.41. The summed E-state index contributed by atoms with van der Waals surface area (Å²) in [6.45, 7) is 3.48. The van der Waals surface area contributed by atoms with Crippen LogP contribution < -0.4 is 5.73 Å². The summed E-state index contributed by atoms with van der Waals surface area (Å²) in [6.07, 6.45) is 1.13. The normalized spacial score (nSPS) is 13.2. The van der Waals surface area contributed by atoms with Gasteiger partial charge in [-0.1, -0.05) is 0 Å². The number of hydrogen-bond acceptors (Lipinski definition) is 5. The van der Waals surface area contributed by atoms with Crippen LogP contribution in [-0.4, -0.2) is 57.3 Å². The number of hydrogen-bond donors (Lipinski definition) is 2. The molecule has 0 aromatic carbocycles. The SMILES string of the molecule is CC(C)N(CCC(=N)N)S(=O)(=O)CCS(C)(=O)=O. The number of sulfone groups is 1. The maximum atomic E-state index is 12.0. The van der Waals surface area contributed by atoms with Crippen molar-refractivity contribution in [3.63, 3.8) is 0 Å². The summed E-state index contributed by atoms with van der Waals surface area (Å²) in [4.78, 5) is 0. The van der Waals surface area contributed by atoms with E-state index in [0.29, 0.717) is 0 Å². The Kier molecular flexibility index (Phi) is 6.24. The quantitative estimate of drug-likeness (QED) is 0.458. The Labute approximate surface area is 109 Å². The first-order valence-electron chi connectivity index (χ1n) is 5.46. The Bertz CT molecular complexity index is 482. The van der Waals surface area contributed by atoms with Crippen molar-refractivity contribution >= 4 is 25.7 Å². The number of nitrogens with two attached hydrogens (primary N) is 1. The monoisotopic (exact) mass is 299 g/mol. The zero-order valence-electron chi connectivity index (χ0n) is 10.9. The highest BCUT2D eigenvalue weighted by Crippen LogP contribution is 2.09. The molecular formula is C9H21N3O4S2. The summed E-state index contributed by atoms with van der Waals surface area (Å²) < 4.78 is 47.1. The average Bonchev–Trinajstić information content (AvgIpc) is 2.12.